The summed E-state index contributed by atoms with van der Waals surface area (Å²) < 4.78 is 0. The summed E-state index contributed by atoms with van der Waals surface area (Å²) in [6.07, 6.45) is 0.388. The number of fused-ring (bicyclic) bond motifs is 1. The van der Waals surface area contributed by atoms with Crippen molar-refractivity contribution < 1.29 is 0 Å². The van der Waals surface area contributed by atoms with Crippen molar-refractivity contribution in [1.82, 2.24) is 4.98 Å². The van der Waals surface area contributed by atoms with Gasteiger partial charge in [0, 0.05) is 11.1 Å². The third-order valence-electron chi connectivity index (χ3n) is 2.76. The van der Waals surface area contributed by atoms with E-state index in [1.54, 1.807) is 0 Å². The van der Waals surface area contributed by atoms with Crippen molar-refractivity contribution >= 4 is 22.5 Å². The molecule has 0 radical (unpaired) electrons. The maximum atomic E-state index is 8.87. The van der Waals surface area contributed by atoms with Crippen molar-refractivity contribution in [1.29, 1.82) is 5.26 Å². The number of para-hydroxylation sites is 1. The van der Waals surface area contributed by atoms with E-state index in [4.69, 9.17) is 16.9 Å². The fourth-order valence-corrected chi connectivity index (χ4v) is 2.05. The Morgan fingerprint density at radius 2 is 2.18 bits per heavy atom. The van der Waals surface area contributed by atoms with Crippen LogP contribution >= 0.6 is 11.6 Å². The number of benzene rings is 1. The number of hydrogen-bond acceptors (Lipinski definition) is 2. The molecule has 0 bridgehead atoms. The summed E-state index contributed by atoms with van der Waals surface area (Å²) in [6.45, 7) is 4.17. The van der Waals surface area contributed by atoms with Crippen LogP contribution < -0.4 is 0 Å². The van der Waals surface area contributed by atoms with Gasteiger partial charge in [-0.2, -0.15) is 5.26 Å². The van der Waals surface area contributed by atoms with E-state index in [1.807, 2.05) is 24.3 Å². The molecule has 1 aromatic carbocycles. The van der Waals surface area contributed by atoms with Crippen LogP contribution in [0.25, 0.3) is 10.9 Å². The first-order valence-electron chi connectivity index (χ1n) is 5.58. The molecule has 0 fully saturated rings. The molecule has 1 heterocycles. The molecule has 1 aromatic heterocycles. The molecule has 0 spiro atoms. The molecule has 2 aromatic rings. The van der Waals surface area contributed by atoms with E-state index in [1.165, 1.54) is 0 Å². The van der Waals surface area contributed by atoms with Crippen molar-refractivity contribution in [2.24, 2.45) is 0 Å². The molecule has 0 aliphatic carbocycles. The Hall–Kier alpha value is -1.59. The van der Waals surface area contributed by atoms with Gasteiger partial charge in [0.2, 0.25) is 0 Å². The molecular weight excluding hydrogens is 232 g/mol. The molecule has 2 rings (SSSR count). The maximum absolute atomic E-state index is 8.87. The van der Waals surface area contributed by atoms with Crippen LogP contribution in [-0.4, -0.2) is 4.98 Å². The van der Waals surface area contributed by atoms with Gasteiger partial charge in [-0.3, -0.25) is 4.98 Å². The molecule has 0 N–H and O–H groups in total. The number of nitriles is 1. The lowest BCUT2D eigenvalue weighted by atomic mass is 10.0. The third-order valence-corrected chi connectivity index (χ3v) is 3.06. The number of hydrogen-bond donors (Lipinski definition) is 0. The molecular formula is C14H13ClN2. The first kappa shape index (κ1) is 11.9. The first-order valence-corrected chi connectivity index (χ1v) is 5.96. The molecule has 0 unspecified atom stereocenters. The van der Waals surface area contributed by atoms with Gasteiger partial charge >= 0.3 is 0 Å². The minimum absolute atomic E-state index is 0.327. The van der Waals surface area contributed by atoms with Gasteiger partial charge in [-0.15, -0.1) is 0 Å². The Labute approximate surface area is 106 Å². The number of nitrogens with zero attached hydrogens (tertiary/aromatic N) is 2. The normalized spacial score (nSPS) is 10.8. The zero-order chi connectivity index (χ0) is 12.4. The quantitative estimate of drug-likeness (QED) is 0.798. The van der Waals surface area contributed by atoms with E-state index in [-0.39, 0.29) is 0 Å². The summed E-state index contributed by atoms with van der Waals surface area (Å²) >= 11 is 6.16. The molecule has 0 amide bonds. The van der Waals surface area contributed by atoms with Crippen LogP contribution in [0.15, 0.2) is 24.3 Å². The Balaban J connectivity index is 2.77. The van der Waals surface area contributed by atoms with Gasteiger partial charge in [-0.05, 0) is 23.6 Å². The van der Waals surface area contributed by atoms with E-state index < -0.39 is 0 Å². The van der Waals surface area contributed by atoms with Crippen molar-refractivity contribution in [3.05, 3.63) is 40.5 Å². The zero-order valence-electron chi connectivity index (χ0n) is 9.87. The Kier molecular flexibility index (Phi) is 3.31. The van der Waals surface area contributed by atoms with E-state index in [2.05, 4.69) is 24.9 Å². The molecule has 86 valence electrons. The fourth-order valence-electron chi connectivity index (χ4n) is 1.83. The Bertz CT molecular complexity index is 597. The molecule has 2 nitrogen and oxygen atoms in total. The predicted octanol–water partition coefficient (Wildman–Crippen LogP) is 4.08. The number of aromatic nitrogens is 1. The molecule has 0 saturated heterocycles. The first-order chi connectivity index (χ1) is 8.13. The molecule has 3 heteroatoms. The molecule has 0 aliphatic rings. The van der Waals surface area contributed by atoms with E-state index in [9.17, 15) is 0 Å². The van der Waals surface area contributed by atoms with Crippen LogP contribution in [0, 0.1) is 11.3 Å². The largest absolute Gasteiger partial charge is 0.251 e. The average Bonchev–Trinajstić information content (AvgIpc) is 2.30. The van der Waals surface area contributed by atoms with Gasteiger partial charge in [-0.1, -0.05) is 37.6 Å². The summed E-state index contributed by atoms with van der Waals surface area (Å²) in [4.78, 5) is 4.58. The average molecular weight is 245 g/mol. The van der Waals surface area contributed by atoms with Crippen LogP contribution in [-0.2, 0) is 6.42 Å². The van der Waals surface area contributed by atoms with Gasteiger partial charge < -0.3 is 0 Å². The number of halogens is 1. The fraction of sp³-hybridized carbons (Fsp3) is 0.286. The number of rotatable bonds is 2. The highest BCUT2D eigenvalue weighted by atomic mass is 35.5. The van der Waals surface area contributed by atoms with Crippen LogP contribution in [0.4, 0.5) is 0 Å². The maximum Gasteiger partial charge on any atom is 0.0894 e. The van der Waals surface area contributed by atoms with Gasteiger partial charge in [0.25, 0.3) is 0 Å². The van der Waals surface area contributed by atoms with Gasteiger partial charge in [0.15, 0.2) is 0 Å². The summed E-state index contributed by atoms with van der Waals surface area (Å²) in [6, 6.07) is 9.88. The SMILES string of the molecule is CC(C)c1cc(CC#N)c2cccc(Cl)c2n1. The van der Waals surface area contributed by atoms with E-state index in [0.717, 1.165) is 22.2 Å². The highest BCUT2D eigenvalue weighted by molar-refractivity contribution is 6.35. The van der Waals surface area contributed by atoms with E-state index in [0.29, 0.717) is 17.4 Å². The second-order valence-electron chi connectivity index (χ2n) is 4.33. The summed E-state index contributed by atoms with van der Waals surface area (Å²) in [7, 11) is 0. The van der Waals surface area contributed by atoms with Crippen LogP contribution in [0.1, 0.15) is 31.0 Å². The summed E-state index contributed by atoms with van der Waals surface area (Å²) in [5.74, 6) is 0.327. The minimum Gasteiger partial charge on any atom is -0.251 e. The topological polar surface area (TPSA) is 36.7 Å². The monoisotopic (exact) mass is 244 g/mol. The van der Waals surface area contributed by atoms with Gasteiger partial charge in [0.1, 0.15) is 0 Å². The van der Waals surface area contributed by atoms with Crippen molar-refractivity contribution in [2.75, 3.05) is 0 Å². The van der Waals surface area contributed by atoms with Crippen LogP contribution in [0.3, 0.4) is 0 Å². The highest BCUT2D eigenvalue weighted by Crippen LogP contribution is 2.27. The lowest BCUT2D eigenvalue weighted by Crippen LogP contribution is -1.97. The van der Waals surface area contributed by atoms with Crippen molar-refractivity contribution in [3.63, 3.8) is 0 Å². The molecule has 0 saturated carbocycles. The predicted molar refractivity (Wildman–Crippen MR) is 70.2 cm³/mol. The van der Waals surface area contributed by atoms with Gasteiger partial charge in [-0.25, -0.2) is 0 Å². The summed E-state index contributed by atoms with van der Waals surface area (Å²) in [5.41, 5.74) is 2.78. The zero-order valence-corrected chi connectivity index (χ0v) is 10.6. The number of pyridine rings is 1. The third kappa shape index (κ3) is 2.25. The highest BCUT2D eigenvalue weighted by Gasteiger charge is 2.10. The van der Waals surface area contributed by atoms with Crippen molar-refractivity contribution in [3.8, 4) is 6.07 Å². The molecule has 0 aliphatic heterocycles. The van der Waals surface area contributed by atoms with Gasteiger partial charge in [0.05, 0.1) is 23.0 Å². The Morgan fingerprint density at radius 1 is 1.41 bits per heavy atom. The van der Waals surface area contributed by atoms with Crippen molar-refractivity contribution in [2.45, 2.75) is 26.2 Å². The van der Waals surface area contributed by atoms with E-state index >= 15 is 0 Å². The standard InChI is InChI=1S/C14H13ClN2/c1-9(2)13-8-10(6-7-16)11-4-3-5-12(15)14(11)17-13/h3-5,8-9H,6H2,1-2H3. The minimum atomic E-state index is 0.327. The lowest BCUT2D eigenvalue weighted by molar-refractivity contribution is 0.827. The Morgan fingerprint density at radius 3 is 2.82 bits per heavy atom. The molecule has 17 heavy (non-hydrogen) atoms. The molecule has 0 atom stereocenters. The van der Waals surface area contributed by atoms with Crippen LogP contribution in [0.2, 0.25) is 5.02 Å². The smallest absolute Gasteiger partial charge is 0.0894 e. The second kappa shape index (κ2) is 4.73. The lowest BCUT2D eigenvalue weighted by Gasteiger charge is -2.10. The summed E-state index contributed by atoms with van der Waals surface area (Å²) in [5, 5.41) is 10.5. The second-order valence-corrected chi connectivity index (χ2v) is 4.74. The van der Waals surface area contributed by atoms with Crippen LogP contribution in [0.5, 0.6) is 0 Å².